The van der Waals surface area contributed by atoms with Crippen molar-refractivity contribution in [1.29, 1.82) is 0 Å². The van der Waals surface area contributed by atoms with E-state index >= 15 is 0 Å². The maximum Gasteiger partial charge on any atom is 0.511 e. The van der Waals surface area contributed by atoms with Crippen LogP contribution in [0.2, 0.25) is 0 Å². The number of carbonyl (C=O) groups excluding carboxylic acids is 1. The third kappa shape index (κ3) is 6.45. The Balaban J connectivity index is 1.77. The van der Waals surface area contributed by atoms with Crippen molar-refractivity contribution in [1.82, 2.24) is 5.32 Å². The van der Waals surface area contributed by atoms with Gasteiger partial charge in [-0.05, 0) is 48.8 Å². The molecule has 1 atom stereocenters. The maximum atomic E-state index is 13.8. The molecule has 0 spiro atoms. The lowest BCUT2D eigenvalue weighted by Crippen LogP contribution is -2.48. The van der Waals surface area contributed by atoms with Crippen molar-refractivity contribution >= 4 is 24.4 Å². The summed E-state index contributed by atoms with van der Waals surface area (Å²) in [4.78, 5) is 47.5. The van der Waals surface area contributed by atoms with Gasteiger partial charge in [0.15, 0.2) is 17.2 Å². The molecule has 1 aliphatic rings. The van der Waals surface area contributed by atoms with E-state index in [1.165, 1.54) is 0 Å². The number of nitrogens with one attached hydrogen (secondary N) is 1. The lowest BCUT2D eigenvalue weighted by molar-refractivity contribution is 0.0871. The van der Waals surface area contributed by atoms with E-state index in [-0.39, 0.29) is 5.56 Å². The van der Waals surface area contributed by atoms with Crippen molar-refractivity contribution < 1.29 is 48.7 Å². The van der Waals surface area contributed by atoms with Gasteiger partial charge in [0.1, 0.15) is 0 Å². The van der Waals surface area contributed by atoms with Gasteiger partial charge in [-0.3, -0.25) is 4.79 Å². The molecular formula is C28H25NO10. The summed E-state index contributed by atoms with van der Waals surface area (Å²) in [7, 11) is 0. The minimum atomic E-state index is -1.82. The SMILES string of the molecule is O=C(O)Oc1cc(OC(=O)O)c(C(=O)N[C@]2(CCc3ccccc3)CCCc3ccccc32)cc1OC(=O)O. The fourth-order valence-electron chi connectivity index (χ4n) is 4.90. The molecule has 0 fully saturated rings. The van der Waals surface area contributed by atoms with Crippen LogP contribution in [0, 0.1) is 0 Å². The van der Waals surface area contributed by atoms with E-state index in [1.54, 1.807) is 0 Å². The van der Waals surface area contributed by atoms with Crippen LogP contribution in [0.5, 0.6) is 17.2 Å². The number of rotatable bonds is 8. The average molecular weight is 536 g/mol. The highest BCUT2D eigenvalue weighted by Crippen LogP contribution is 2.41. The Morgan fingerprint density at radius 2 is 1.36 bits per heavy atom. The highest BCUT2D eigenvalue weighted by molar-refractivity contribution is 5.99. The molecule has 0 saturated heterocycles. The van der Waals surface area contributed by atoms with Gasteiger partial charge in [-0.15, -0.1) is 0 Å². The minimum Gasteiger partial charge on any atom is -0.449 e. The van der Waals surface area contributed by atoms with Crippen LogP contribution in [0.4, 0.5) is 14.4 Å². The Morgan fingerprint density at radius 1 is 0.769 bits per heavy atom. The molecular weight excluding hydrogens is 510 g/mol. The molecule has 1 amide bonds. The first-order valence-corrected chi connectivity index (χ1v) is 12.0. The normalized spacial score (nSPS) is 15.9. The number of hydrogen-bond donors (Lipinski definition) is 4. The van der Waals surface area contributed by atoms with Gasteiger partial charge in [0, 0.05) is 12.1 Å². The van der Waals surface area contributed by atoms with Crippen molar-refractivity contribution in [2.24, 2.45) is 0 Å². The molecule has 0 heterocycles. The second kappa shape index (κ2) is 11.5. The lowest BCUT2D eigenvalue weighted by atomic mass is 9.73. The van der Waals surface area contributed by atoms with Crippen LogP contribution in [0.3, 0.4) is 0 Å². The summed E-state index contributed by atoms with van der Waals surface area (Å²) in [5, 5.41) is 30.4. The van der Waals surface area contributed by atoms with Crippen molar-refractivity contribution in [3.05, 3.63) is 89.0 Å². The first kappa shape index (κ1) is 27.0. The summed E-state index contributed by atoms with van der Waals surface area (Å²) in [6, 6.07) is 19.1. The highest BCUT2D eigenvalue weighted by atomic mass is 16.7. The molecule has 0 saturated carbocycles. The predicted octanol–water partition coefficient (Wildman–Crippen LogP) is 5.45. The molecule has 0 unspecified atom stereocenters. The van der Waals surface area contributed by atoms with Gasteiger partial charge in [-0.2, -0.15) is 0 Å². The number of carbonyl (C=O) groups is 4. The molecule has 4 N–H and O–H groups in total. The number of carboxylic acid groups (broad SMARTS) is 3. The van der Waals surface area contributed by atoms with Crippen LogP contribution < -0.4 is 19.5 Å². The van der Waals surface area contributed by atoms with Gasteiger partial charge in [0.2, 0.25) is 0 Å². The summed E-state index contributed by atoms with van der Waals surface area (Å²) in [6.45, 7) is 0. The standard InChI is InChI=1S/C28H25NO10/c30-24(19-15-22(38-26(33)34)23(39-27(35)36)16-21(19)37-25(31)32)29-28(14-12-17-7-2-1-3-8-17)13-6-10-18-9-4-5-11-20(18)28/h1-5,7-9,11,15-16H,6,10,12-14H2,(H,29,30)(H,31,32)(H,33,34)(H,35,36)/t28-/m0/s1. The number of ether oxygens (including phenoxy) is 3. The molecule has 0 aliphatic heterocycles. The average Bonchev–Trinajstić information content (AvgIpc) is 2.89. The largest absolute Gasteiger partial charge is 0.511 e. The van der Waals surface area contributed by atoms with E-state index < -0.39 is 47.2 Å². The van der Waals surface area contributed by atoms with Gasteiger partial charge in [0.25, 0.3) is 5.91 Å². The Labute approximate surface area is 222 Å². The van der Waals surface area contributed by atoms with Gasteiger partial charge in [-0.1, -0.05) is 54.6 Å². The second-order valence-corrected chi connectivity index (χ2v) is 8.93. The molecule has 3 aromatic carbocycles. The van der Waals surface area contributed by atoms with Crippen molar-refractivity contribution in [2.45, 2.75) is 37.6 Å². The fourth-order valence-corrected chi connectivity index (χ4v) is 4.90. The van der Waals surface area contributed by atoms with Gasteiger partial charge in [0.05, 0.1) is 11.1 Å². The van der Waals surface area contributed by atoms with Crippen molar-refractivity contribution in [2.75, 3.05) is 0 Å². The number of fused-ring (bicyclic) bond motifs is 1. The molecule has 0 aromatic heterocycles. The molecule has 0 radical (unpaired) electrons. The van der Waals surface area contributed by atoms with Crippen LogP contribution in [0.15, 0.2) is 66.7 Å². The highest BCUT2D eigenvalue weighted by Gasteiger charge is 2.38. The maximum absolute atomic E-state index is 13.8. The van der Waals surface area contributed by atoms with Gasteiger partial charge >= 0.3 is 18.5 Å². The minimum absolute atomic E-state index is 0.381. The predicted molar refractivity (Wildman–Crippen MR) is 136 cm³/mol. The van der Waals surface area contributed by atoms with Gasteiger partial charge < -0.3 is 34.8 Å². The molecule has 1 aliphatic carbocycles. The monoisotopic (exact) mass is 535 g/mol. The topological polar surface area (TPSA) is 169 Å². The fraction of sp³-hybridized carbons (Fsp3) is 0.214. The van der Waals surface area contributed by atoms with Crippen LogP contribution in [-0.4, -0.2) is 39.7 Å². The van der Waals surface area contributed by atoms with Crippen molar-refractivity contribution in [3.63, 3.8) is 0 Å². The zero-order valence-electron chi connectivity index (χ0n) is 20.6. The number of hydrogen-bond acceptors (Lipinski definition) is 7. The lowest BCUT2D eigenvalue weighted by Gasteiger charge is -2.40. The molecule has 39 heavy (non-hydrogen) atoms. The van der Waals surface area contributed by atoms with E-state index in [4.69, 9.17) is 14.9 Å². The Morgan fingerprint density at radius 3 is 2.03 bits per heavy atom. The summed E-state index contributed by atoms with van der Waals surface area (Å²) in [6.07, 6.45) is -2.05. The first-order chi connectivity index (χ1) is 18.7. The summed E-state index contributed by atoms with van der Waals surface area (Å²) in [5.74, 6) is -2.63. The van der Waals surface area contributed by atoms with E-state index in [2.05, 4.69) is 14.8 Å². The third-order valence-corrected chi connectivity index (χ3v) is 6.50. The van der Waals surface area contributed by atoms with Crippen LogP contribution >= 0.6 is 0 Å². The summed E-state index contributed by atoms with van der Waals surface area (Å²) in [5.41, 5.74) is 1.84. The molecule has 202 valence electrons. The van der Waals surface area contributed by atoms with E-state index in [1.807, 2.05) is 54.6 Å². The first-order valence-electron chi connectivity index (χ1n) is 12.0. The second-order valence-electron chi connectivity index (χ2n) is 8.93. The zero-order valence-corrected chi connectivity index (χ0v) is 20.6. The molecule has 4 rings (SSSR count). The van der Waals surface area contributed by atoms with E-state index in [0.29, 0.717) is 19.3 Å². The molecule has 11 nitrogen and oxygen atoms in total. The Kier molecular flexibility index (Phi) is 7.99. The van der Waals surface area contributed by atoms with Crippen LogP contribution in [0.1, 0.15) is 46.3 Å². The van der Waals surface area contributed by atoms with Crippen LogP contribution in [0.25, 0.3) is 0 Å². The summed E-state index contributed by atoms with van der Waals surface area (Å²) >= 11 is 0. The number of amides is 1. The number of aryl methyl sites for hydroxylation is 2. The smallest absolute Gasteiger partial charge is 0.449 e. The van der Waals surface area contributed by atoms with Crippen molar-refractivity contribution in [3.8, 4) is 17.2 Å². The summed E-state index contributed by atoms with van der Waals surface area (Å²) < 4.78 is 13.9. The Bertz CT molecular complexity index is 1400. The molecule has 3 aromatic rings. The van der Waals surface area contributed by atoms with Gasteiger partial charge in [-0.25, -0.2) is 14.4 Å². The van der Waals surface area contributed by atoms with E-state index in [9.17, 15) is 24.3 Å². The zero-order chi connectivity index (χ0) is 28.0. The quantitative estimate of drug-likeness (QED) is 0.215. The van der Waals surface area contributed by atoms with E-state index in [0.717, 1.165) is 41.7 Å². The third-order valence-electron chi connectivity index (χ3n) is 6.50. The molecule has 11 heteroatoms. The van der Waals surface area contributed by atoms with Crippen LogP contribution in [-0.2, 0) is 18.4 Å². The Hall–Kier alpha value is -5.06. The number of benzene rings is 3. The molecule has 0 bridgehead atoms.